The average molecular weight is 442 g/mol. The van der Waals surface area contributed by atoms with Crippen LogP contribution in [0.1, 0.15) is 12.5 Å². The molecule has 0 aliphatic carbocycles. The van der Waals surface area contributed by atoms with Crippen LogP contribution in [0.3, 0.4) is 0 Å². The number of benzene rings is 2. The summed E-state index contributed by atoms with van der Waals surface area (Å²) in [6.45, 7) is 2.63. The van der Waals surface area contributed by atoms with Gasteiger partial charge in [0.05, 0.1) is 10.6 Å². The van der Waals surface area contributed by atoms with Crippen LogP contribution in [-0.2, 0) is 19.6 Å². The summed E-state index contributed by atoms with van der Waals surface area (Å²) in [5.74, 6) is -0.0342. The van der Waals surface area contributed by atoms with Crippen molar-refractivity contribution in [3.8, 4) is 5.75 Å². The van der Waals surface area contributed by atoms with Gasteiger partial charge in [-0.2, -0.15) is 4.31 Å². The maximum atomic E-state index is 13.1. The summed E-state index contributed by atoms with van der Waals surface area (Å²) < 4.78 is 33.0. The van der Waals surface area contributed by atoms with Crippen LogP contribution in [0.25, 0.3) is 6.08 Å². The van der Waals surface area contributed by atoms with Crippen molar-refractivity contribution in [3.05, 3.63) is 60.2 Å². The van der Waals surface area contributed by atoms with Gasteiger partial charge < -0.3 is 15.0 Å². The highest BCUT2D eigenvalue weighted by molar-refractivity contribution is 7.89. The Balaban J connectivity index is 1.41. The van der Waals surface area contributed by atoms with Crippen molar-refractivity contribution in [1.82, 2.24) is 9.21 Å². The molecule has 0 aromatic heterocycles. The molecule has 0 bridgehead atoms. The zero-order valence-corrected chi connectivity index (χ0v) is 17.8. The number of carbonyl (C=O) groups excluding carboxylic acids is 2. The number of amides is 2. The topological polar surface area (TPSA) is 96.0 Å². The van der Waals surface area contributed by atoms with Crippen molar-refractivity contribution in [1.29, 1.82) is 0 Å². The zero-order valence-electron chi connectivity index (χ0n) is 17.0. The van der Waals surface area contributed by atoms with Gasteiger partial charge in [-0.25, -0.2) is 8.42 Å². The lowest BCUT2D eigenvalue weighted by Gasteiger charge is -2.33. The second-order valence-electron chi connectivity index (χ2n) is 7.38. The molecule has 0 spiro atoms. The summed E-state index contributed by atoms with van der Waals surface area (Å²) in [7, 11) is -3.76. The third kappa shape index (κ3) is 4.47. The second kappa shape index (κ2) is 8.52. The molecule has 2 heterocycles. The number of piperazine rings is 1. The minimum Gasteiger partial charge on any atom is -0.479 e. The van der Waals surface area contributed by atoms with Gasteiger partial charge in [0.15, 0.2) is 6.10 Å². The third-order valence-corrected chi connectivity index (χ3v) is 7.18. The Kier molecular flexibility index (Phi) is 5.79. The van der Waals surface area contributed by atoms with E-state index in [0.29, 0.717) is 24.5 Å². The molecule has 162 valence electrons. The Morgan fingerprint density at radius 2 is 1.81 bits per heavy atom. The summed E-state index contributed by atoms with van der Waals surface area (Å²) in [4.78, 5) is 26.0. The first-order valence-electron chi connectivity index (χ1n) is 9.98. The van der Waals surface area contributed by atoms with E-state index in [1.165, 1.54) is 22.5 Å². The smallest absolute Gasteiger partial charge is 0.265 e. The molecule has 0 unspecified atom stereocenters. The van der Waals surface area contributed by atoms with Crippen LogP contribution in [0.4, 0.5) is 5.69 Å². The molecule has 1 atom stereocenters. The lowest BCUT2D eigenvalue weighted by atomic mass is 10.2. The molecule has 2 aliphatic heterocycles. The Labute approximate surface area is 181 Å². The molecule has 8 nitrogen and oxygen atoms in total. The fraction of sp³-hybridized carbons (Fsp3) is 0.273. The lowest BCUT2D eigenvalue weighted by molar-refractivity contribution is -0.127. The molecule has 2 aliphatic rings. The van der Waals surface area contributed by atoms with Crippen LogP contribution in [-0.4, -0.2) is 61.7 Å². The van der Waals surface area contributed by atoms with E-state index < -0.39 is 16.1 Å². The fourth-order valence-electron chi connectivity index (χ4n) is 3.48. The molecule has 1 N–H and O–H groups in total. The Morgan fingerprint density at radius 1 is 1.10 bits per heavy atom. The van der Waals surface area contributed by atoms with Gasteiger partial charge in [-0.1, -0.05) is 30.3 Å². The van der Waals surface area contributed by atoms with E-state index in [1.807, 2.05) is 30.3 Å². The molecular formula is C22H23N3O5S. The Bertz CT molecular complexity index is 1120. The number of ether oxygens (including phenoxy) is 1. The van der Waals surface area contributed by atoms with Crippen molar-refractivity contribution < 1.29 is 22.7 Å². The van der Waals surface area contributed by atoms with Gasteiger partial charge in [0, 0.05) is 32.3 Å². The number of sulfonamides is 1. The van der Waals surface area contributed by atoms with Gasteiger partial charge in [0.25, 0.3) is 5.91 Å². The number of hydrogen-bond acceptors (Lipinski definition) is 5. The summed E-state index contributed by atoms with van der Waals surface area (Å²) in [6, 6.07) is 13.9. The molecule has 4 rings (SSSR count). The number of nitrogens with zero attached hydrogens (tertiary/aromatic N) is 2. The molecule has 2 aromatic rings. The SMILES string of the molecule is C[C@@H]1Oc2ccc(S(=O)(=O)N3CCN(C(=O)/C=C/c4ccccc4)CC3)cc2NC1=O. The predicted octanol–water partition coefficient (Wildman–Crippen LogP) is 1.95. The standard InChI is InChI=1S/C22H23N3O5S/c1-16-22(27)23-19-15-18(8-9-20(19)30-16)31(28,29)25-13-11-24(12-14-25)21(26)10-7-17-5-3-2-4-6-17/h2-10,15-16H,11-14H2,1H3,(H,23,27)/b10-7+/t16-/m0/s1. The number of carbonyl (C=O) groups is 2. The number of rotatable bonds is 4. The Morgan fingerprint density at radius 3 is 2.52 bits per heavy atom. The van der Waals surface area contributed by atoms with E-state index >= 15 is 0 Å². The monoisotopic (exact) mass is 441 g/mol. The highest BCUT2D eigenvalue weighted by Crippen LogP contribution is 2.32. The minimum absolute atomic E-state index is 0.0773. The van der Waals surface area contributed by atoms with Crippen molar-refractivity contribution in [2.75, 3.05) is 31.5 Å². The summed E-state index contributed by atoms with van der Waals surface area (Å²) in [5.41, 5.74) is 1.26. The molecule has 1 fully saturated rings. The van der Waals surface area contributed by atoms with Gasteiger partial charge in [-0.05, 0) is 36.8 Å². The molecular weight excluding hydrogens is 418 g/mol. The van der Waals surface area contributed by atoms with Gasteiger partial charge in [-0.3, -0.25) is 9.59 Å². The van der Waals surface area contributed by atoms with E-state index in [-0.39, 0.29) is 29.8 Å². The van der Waals surface area contributed by atoms with E-state index in [1.54, 1.807) is 24.0 Å². The van der Waals surface area contributed by atoms with Crippen molar-refractivity contribution in [2.45, 2.75) is 17.9 Å². The number of anilines is 1. The normalized spacial score (nSPS) is 19.6. The van der Waals surface area contributed by atoms with Crippen molar-refractivity contribution in [2.24, 2.45) is 0 Å². The summed E-state index contributed by atoms with van der Waals surface area (Å²) >= 11 is 0. The van der Waals surface area contributed by atoms with Crippen LogP contribution < -0.4 is 10.1 Å². The first kappa shape index (κ1) is 21.1. The third-order valence-electron chi connectivity index (χ3n) is 5.29. The van der Waals surface area contributed by atoms with E-state index in [4.69, 9.17) is 4.74 Å². The quantitative estimate of drug-likeness (QED) is 0.732. The fourth-order valence-corrected chi connectivity index (χ4v) is 4.93. The molecule has 9 heteroatoms. The van der Waals surface area contributed by atoms with E-state index in [2.05, 4.69) is 5.32 Å². The Hall–Kier alpha value is -3.17. The van der Waals surface area contributed by atoms with Crippen molar-refractivity contribution >= 4 is 33.6 Å². The average Bonchev–Trinajstić information content (AvgIpc) is 2.78. The van der Waals surface area contributed by atoms with Gasteiger partial charge in [0.1, 0.15) is 5.75 Å². The van der Waals surface area contributed by atoms with E-state index in [9.17, 15) is 18.0 Å². The molecule has 2 aromatic carbocycles. The molecule has 1 saturated heterocycles. The molecule has 31 heavy (non-hydrogen) atoms. The predicted molar refractivity (Wildman–Crippen MR) is 116 cm³/mol. The van der Waals surface area contributed by atoms with Crippen LogP contribution in [0.2, 0.25) is 0 Å². The largest absolute Gasteiger partial charge is 0.479 e. The number of nitrogens with one attached hydrogen (secondary N) is 1. The van der Waals surface area contributed by atoms with Gasteiger partial charge >= 0.3 is 0 Å². The van der Waals surface area contributed by atoms with Gasteiger partial charge in [0.2, 0.25) is 15.9 Å². The highest BCUT2D eigenvalue weighted by atomic mass is 32.2. The van der Waals surface area contributed by atoms with Crippen LogP contribution in [0, 0.1) is 0 Å². The number of fused-ring (bicyclic) bond motifs is 1. The van der Waals surface area contributed by atoms with Gasteiger partial charge in [-0.15, -0.1) is 0 Å². The second-order valence-corrected chi connectivity index (χ2v) is 9.32. The van der Waals surface area contributed by atoms with Crippen LogP contribution in [0.5, 0.6) is 5.75 Å². The highest BCUT2D eigenvalue weighted by Gasteiger charge is 2.31. The zero-order chi connectivity index (χ0) is 22.0. The molecule has 0 radical (unpaired) electrons. The first-order valence-corrected chi connectivity index (χ1v) is 11.4. The maximum Gasteiger partial charge on any atom is 0.265 e. The minimum atomic E-state index is -3.76. The van der Waals surface area contributed by atoms with Crippen LogP contribution >= 0.6 is 0 Å². The summed E-state index contributed by atoms with van der Waals surface area (Å²) in [5, 5.41) is 2.67. The number of hydrogen-bond donors (Lipinski definition) is 1. The first-order chi connectivity index (χ1) is 14.8. The van der Waals surface area contributed by atoms with Crippen molar-refractivity contribution in [3.63, 3.8) is 0 Å². The lowest BCUT2D eigenvalue weighted by Crippen LogP contribution is -2.50. The van der Waals surface area contributed by atoms with E-state index in [0.717, 1.165) is 5.56 Å². The molecule has 2 amide bonds. The van der Waals surface area contributed by atoms with Crippen LogP contribution in [0.15, 0.2) is 59.5 Å². The maximum absolute atomic E-state index is 13.1. The molecule has 0 saturated carbocycles. The summed E-state index contributed by atoms with van der Waals surface area (Å²) in [6.07, 6.45) is 2.62.